The molecule has 0 amide bonds. The number of nitrogens with one attached hydrogen (secondary N) is 1. The maximum absolute atomic E-state index is 13.7. The van der Waals surface area contributed by atoms with Gasteiger partial charge in [0.05, 0.1) is 11.6 Å². The number of halogens is 1. The van der Waals surface area contributed by atoms with Crippen LogP contribution in [0.3, 0.4) is 0 Å². The van der Waals surface area contributed by atoms with Gasteiger partial charge in [0, 0.05) is 24.0 Å². The smallest absolute Gasteiger partial charge is 0.243 e. The van der Waals surface area contributed by atoms with Gasteiger partial charge in [-0.3, -0.25) is 0 Å². The normalized spacial score (nSPS) is 11.8. The van der Waals surface area contributed by atoms with Gasteiger partial charge in [0.15, 0.2) is 0 Å². The van der Waals surface area contributed by atoms with Crippen molar-refractivity contribution in [3.63, 3.8) is 0 Å². The average Bonchev–Trinajstić information content (AvgIpc) is 2.83. The topological polar surface area (TPSA) is 79.3 Å². The molecule has 0 fully saturated rings. The first-order chi connectivity index (χ1) is 9.92. The van der Waals surface area contributed by atoms with Gasteiger partial charge in [-0.15, -0.1) is 11.3 Å². The van der Waals surface area contributed by atoms with Crippen LogP contribution in [0.15, 0.2) is 28.5 Å². The van der Waals surface area contributed by atoms with Crippen molar-refractivity contribution in [1.82, 2.24) is 9.71 Å². The number of aliphatic hydroxyl groups is 1. The predicted molar refractivity (Wildman–Crippen MR) is 78.1 cm³/mol. The van der Waals surface area contributed by atoms with E-state index in [2.05, 4.69) is 9.71 Å². The van der Waals surface area contributed by atoms with Gasteiger partial charge >= 0.3 is 0 Å². The average molecular weight is 330 g/mol. The van der Waals surface area contributed by atoms with E-state index in [0.29, 0.717) is 12.0 Å². The lowest BCUT2D eigenvalue weighted by Crippen LogP contribution is -2.26. The largest absolute Gasteiger partial charge is 0.392 e. The summed E-state index contributed by atoms with van der Waals surface area (Å²) >= 11 is 1.46. The molecule has 114 valence electrons. The lowest BCUT2D eigenvalue weighted by atomic mass is 10.2. The Morgan fingerprint density at radius 2 is 2.19 bits per heavy atom. The fourth-order valence-electron chi connectivity index (χ4n) is 1.75. The first-order valence-corrected chi connectivity index (χ1v) is 8.58. The lowest BCUT2D eigenvalue weighted by molar-refractivity contribution is 0.281. The van der Waals surface area contributed by atoms with Crippen molar-refractivity contribution in [2.75, 3.05) is 6.54 Å². The summed E-state index contributed by atoms with van der Waals surface area (Å²) in [5.41, 5.74) is 1.22. The summed E-state index contributed by atoms with van der Waals surface area (Å²) in [7, 11) is -3.91. The maximum atomic E-state index is 13.7. The number of rotatable bonds is 6. The Hall–Kier alpha value is -1.35. The Morgan fingerprint density at radius 1 is 1.43 bits per heavy atom. The van der Waals surface area contributed by atoms with E-state index in [1.807, 2.05) is 12.3 Å². The molecule has 1 aromatic heterocycles. The molecule has 2 rings (SSSR count). The Morgan fingerprint density at radius 3 is 2.76 bits per heavy atom. The van der Waals surface area contributed by atoms with Crippen LogP contribution in [0.25, 0.3) is 0 Å². The molecule has 5 nitrogen and oxygen atoms in total. The van der Waals surface area contributed by atoms with Crippen LogP contribution in [0, 0.1) is 12.7 Å². The van der Waals surface area contributed by atoms with Crippen molar-refractivity contribution in [3.05, 3.63) is 45.7 Å². The van der Waals surface area contributed by atoms with E-state index in [0.717, 1.165) is 22.8 Å². The minimum absolute atomic E-state index is 0.149. The molecule has 1 aromatic carbocycles. The summed E-state index contributed by atoms with van der Waals surface area (Å²) in [6.45, 7) is 1.67. The predicted octanol–water partition coefficient (Wildman–Crippen LogP) is 1.60. The van der Waals surface area contributed by atoms with Gasteiger partial charge in [0.1, 0.15) is 10.7 Å². The van der Waals surface area contributed by atoms with Crippen molar-refractivity contribution < 1.29 is 17.9 Å². The lowest BCUT2D eigenvalue weighted by Gasteiger charge is -2.08. The molecule has 21 heavy (non-hydrogen) atoms. The molecule has 0 bridgehead atoms. The number of aryl methyl sites for hydroxylation is 1. The highest BCUT2D eigenvalue weighted by molar-refractivity contribution is 7.89. The summed E-state index contributed by atoms with van der Waals surface area (Å²) in [5, 5.41) is 11.6. The highest BCUT2D eigenvalue weighted by Gasteiger charge is 2.18. The van der Waals surface area contributed by atoms with Crippen LogP contribution < -0.4 is 4.72 Å². The second kappa shape index (κ2) is 6.61. The summed E-state index contributed by atoms with van der Waals surface area (Å²) in [6, 6.07) is 3.54. The monoisotopic (exact) mass is 330 g/mol. The van der Waals surface area contributed by atoms with Crippen molar-refractivity contribution >= 4 is 21.4 Å². The zero-order valence-electron chi connectivity index (χ0n) is 11.3. The Bertz CT molecular complexity index is 729. The van der Waals surface area contributed by atoms with Crippen LogP contribution in [0.5, 0.6) is 0 Å². The van der Waals surface area contributed by atoms with E-state index in [1.54, 1.807) is 0 Å². The van der Waals surface area contributed by atoms with Crippen molar-refractivity contribution in [3.8, 4) is 0 Å². The number of benzene rings is 1. The number of thiazole rings is 1. The van der Waals surface area contributed by atoms with Gasteiger partial charge < -0.3 is 5.11 Å². The van der Waals surface area contributed by atoms with E-state index in [1.165, 1.54) is 17.4 Å². The molecule has 0 radical (unpaired) electrons. The van der Waals surface area contributed by atoms with E-state index in [4.69, 9.17) is 5.11 Å². The van der Waals surface area contributed by atoms with Gasteiger partial charge in [-0.2, -0.15) is 0 Å². The van der Waals surface area contributed by atoms with Gasteiger partial charge in [0.2, 0.25) is 10.0 Å². The molecule has 0 aliphatic carbocycles. The molecule has 0 saturated carbocycles. The van der Waals surface area contributed by atoms with Crippen molar-refractivity contribution in [1.29, 1.82) is 0 Å². The molecule has 0 unspecified atom stereocenters. The highest BCUT2D eigenvalue weighted by Crippen LogP contribution is 2.16. The molecule has 2 N–H and O–H groups in total. The molecule has 2 aromatic rings. The standard InChI is InChI=1S/C13H15FN2O3S2/c1-9-8-20-13(16-9)4-5-15-21(18,19)12-3-2-10(7-17)6-11(12)14/h2-3,6,8,15,17H,4-5,7H2,1H3. The van der Waals surface area contributed by atoms with Gasteiger partial charge in [-0.05, 0) is 24.6 Å². The molecule has 0 aliphatic heterocycles. The van der Waals surface area contributed by atoms with Gasteiger partial charge in [-0.25, -0.2) is 22.5 Å². The molecule has 8 heteroatoms. The fraction of sp³-hybridized carbons (Fsp3) is 0.308. The van der Waals surface area contributed by atoms with Gasteiger partial charge in [-0.1, -0.05) is 6.07 Å². The van der Waals surface area contributed by atoms with Crippen LogP contribution in [0.2, 0.25) is 0 Å². The molecule has 0 atom stereocenters. The molecule has 0 spiro atoms. The van der Waals surface area contributed by atoms with E-state index in [9.17, 15) is 12.8 Å². The van der Waals surface area contributed by atoms with Crippen molar-refractivity contribution in [2.45, 2.75) is 24.8 Å². The first-order valence-electron chi connectivity index (χ1n) is 6.22. The Kier molecular flexibility index (Phi) is 5.04. The van der Waals surface area contributed by atoms with Gasteiger partial charge in [0.25, 0.3) is 0 Å². The second-order valence-corrected chi connectivity index (χ2v) is 7.13. The third kappa shape index (κ3) is 4.07. The first kappa shape index (κ1) is 16.0. The molecular formula is C13H15FN2O3S2. The van der Waals surface area contributed by atoms with Crippen LogP contribution in [0.1, 0.15) is 16.3 Å². The molecule has 1 heterocycles. The third-order valence-corrected chi connectivity index (χ3v) is 5.29. The van der Waals surface area contributed by atoms with Crippen molar-refractivity contribution in [2.24, 2.45) is 0 Å². The number of nitrogens with zero attached hydrogens (tertiary/aromatic N) is 1. The Labute approximate surface area is 126 Å². The zero-order chi connectivity index (χ0) is 15.5. The summed E-state index contributed by atoms with van der Waals surface area (Å²) < 4.78 is 40.1. The van der Waals surface area contributed by atoms with Crippen LogP contribution in [0.4, 0.5) is 4.39 Å². The number of aliphatic hydroxyl groups excluding tert-OH is 1. The van der Waals surface area contributed by atoms with Crippen LogP contribution >= 0.6 is 11.3 Å². The summed E-state index contributed by atoms with van der Waals surface area (Å²) in [5.74, 6) is -0.876. The number of sulfonamides is 1. The third-order valence-electron chi connectivity index (χ3n) is 2.77. The van der Waals surface area contributed by atoms with E-state index in [-0.39, 0.29) is 13.2 Å². The number of hydrogen-bond acceptors (Lipinski definition) is 5. The summed E-state index contributed by atoms with van der Waals surface area (Å²) in [6.07, 6.45) is 0.452. The molecular weight excluding hydrogens is 315 g/mol. The minimum Gasteiger partial charge on any atom is -0.392 e. The summed E-state index contributed by atoms with van der Waals surface area (Å²) in [4.78, 5) is 3.80. The molecule has 0 aliphatic rings. The van der Waals surface area contributed by atoms with Crippen LogP contribution in [-0.4, -0.2) is 25.1 Å². The quantitative estimate of drug-likeness (QED) is 0.843. The van der Waals surface area contributed by atoms with E-state index < -0.39 is 20.7 Å². The number of hydrogen-bond donors (Lipinski definition) is 2. The number of aromatic nitrogens is 1. The molecule has 0 saturated heterocycles. The fourth-order valence-corrected chi connectivity index (χ4v) is 3.61. The maximum Gasteiger partial charge on any atom is 0.243 e. The SMILES string of the molecule is Cc1csc(CCNS(=O)(=O)c2ccc(CO)cc2F)n1. The highest BCUT2D eigenvalue weighted by atomic mass is 32.2. The second-order valence-electron chi connectivity index (χ2n) is 4.45. The minimum atomic E-state index is -3.91. The zero-order valence-corrected chi connectivity index (χ0v) is 13.0. The van der Waals surface area contributed by atoms with E-state index >= 15 is 0 Å². The Balaban J connectivity index is 2.04. The van der Waals surface area contributed by atoms with Crippen LogP contribution in [-0.2, 0) is 23.1 Å².